The number of nitrogens with two attached hydrogens (primary N) is 1. The highest BCUT2D eigenvalue weighted by molar-refractivity contribution is 7.11. The van der Waals surface area contributed by atoms with Gasteiger partial charge < -0.3 is 10.3 Å². The summed E-state index contributed by atoms with van der Waals surface area (Å²) in [6, 6.07) is 10.7. The zero-order valence-corrected chi connectivity index (χ0v) is 13.9. The van der Waals surface area contributed by atoms with Gasteiger partial charge in [-0.3, -0.25) is 0 Å². The highest BCUT2D eigenvalue weighted by Crippen LogP contribution is 2.31. The molecule has 0 spiro atoms. The molecule has 1 atom stereocenters. The van der Waals surface area contributed by atoms with E-state index in [0.717, 1.165) is 24.2 Å². The highest BCUT2D eigenvalue weighted by Gasteiger charge is 2.19. The van der Waals surface area contributed by atoms with Crippen molar-refractivity contribution < 1.29 is 4.52 Å². The molecule has 23 heavy (non-hydrogen) atoms. The van der Waals surface area contributed by atoms with Crippen LogP contribution in [0.2, 0.25) is 0 Å². The van der Waals surface area contributed by atoms with Crippen molar-refractivity contribution in [3.63, 3.8) is 0 Å². The second kappa shape index (κ2) is 5.91. The molecule has 4 nitrogen and oxygen atoms in total. The lowest BCUT2D eigenvalue weighted by Gasteiger charge is -2.22. The predicted molar refractivity (Wildman–Crippen MR) is 91.5 cm³/mol. The van der Waals surface area contributed by atoms with E-state index in [4.69, 9.17) is 10.3 Å². The van der Waals surface area contributed by atoms with Crippen molar-refractivity contribution in [2.75, 3.05) is 0 Å². The number of nitrogens with zero attached hydrogens (tertiary/aromatic N) is 2. The number of fused-ring (bicyclic) bond motifs is 1. The van der Waals surface area contributed by atoms with Gasteiger partial charge in [0.15, 0.2) is 5.82 Å². The Morgan fingerprint density at radius 3 is 3.04 bits per heavy atom. The quantitative estimate of drug-likeness (QED) is 0.789. The fraction of sp³-hybridized carbons (Fsp3) is 0.333. The van der Waals surface area contributed by atoms with E-state index in [0.29, 0.717) is 12.3 Å². The third-order valence-electron chi connectivity index (χ3n) is 4.35. The summed E-state index contributed by atoms with van der Waals surface area (Å²) in [6.45, 7) is 2.10. The Balaban J connectivity index is 1.60. The first-order chi connectivity index (χ1) is 11.2. The number of hydrogen-bond acceptors (Lipinski definition) is 5. The van der Waals surface area contributed by atoms with E-state index in [9.17, 15) is 0 Å². The minimum Gasteiger partial charge on any atom is -0.334 e. The summed E-state index contributed by atoms with van der Waals surface area (Å²) in [5.41, 5.74) is 9.77. The van der Waals surface area contributed by atoms with E-state index in [-0.39, 0.29) is 6.04 Å². The molecule has 118 valence electrons. The van der Waals surface area contributed by atoms with Crippen molar-refractivity contribution in [2.45, 2.75) is 38.6 Å². The van der Waals surface area contributed by atoms with E-state index >= 15 is 0 Å². The fourth-order valence-corrected chi connectivity index (χ4v) is 4.03. The monoisotopic (exact) mass is 325 g/mol. The SMILES string of the molecule is Cc1ccc(Cc2noc(-c3ccc4c(c3)C(N)CCC4)n2)s1. The van der Waals surface area contributed by atoms with Crippen molar-refractivity contribution in [1.29, 1.82) is 0 Å². The van der Waals surface area contributed by atoms with E-state index in [2.05, 4.69) is 47.4 Å². The highest BCUT2D eigenvalue weighted by atomic mass is 32.1. The standard InChI is InChI=1S/C18H19N3OS/c1-11-5-8-14(23-11)10-17-20-18(22-21-17)13-7-6-12-3-2-4-16(19)15(12)9-13/h5-9,16H,2-4,10,19H2,1H3. The number of rotatable bonds is 3. The predicted octanol–water partition coefficient (Wildman–Crippen LogP) is 4.03. The van der Waals surface area contributed by atoms with Gasteiger partial charge in [-0.2, -0.15) is 4.98 Å². The van der Waals surface area contributed by atoms with Crippen LogP contribution < -0.4 is 5.73 Å². The van der Waals surface area contributed by atoms with Gasteiger partial charge in [-0.25, -0.2) is 0 Å². The lowest BCUT2D eigenvalue weighted by molar-refractivity contribution is 0.424. The van der Waals surface area contributed by atoms with Crippen LogP contribution in [0.25, 0.3) is 11.5 Å². The first-order valence-electron chi connectivity index (χ1n) is 7.96. The maximum Gasteiger partial charge on any atom is 0.257 e. The molecule has 1 unspecified atom stereocenters. The summed E-state index contributed by atoms with van der Waals surface area (Å²) >= 11 is 1.77. The van der Waals surface area contributed by atoms with Crippen molar-refractivity contribution >= 4 is 11.3 Å². The van der Waals surface area contributed by atoms with Crippen molar-refractivity contribution in [2.24, 2.45) is 5.73 Å². The van der Waals surface area contributed by atoms with Crippen LogP contribution in [-0.4, -0.2) is 10.1 Å². The van der Waals surface area contributed by atoms with Gasteiger partial charge in [0.1, 0.15) is 0 Å². The summed E-state index contributed by atoms with van der Waals surface area (Å²) in [5.74, 6) is 1.30. The molecule has 3 aromatic rings. The molecule has 1 aliphatic carbocycles. The minimum absolute atomic E-state index is 0.121. The number of aromatic nitrogens is 2. The molecule has 1 aromatic carbocycles. The van der Waals surface area contributed by atoms with E-state index in [1.165, 1.54) is 27.3 Å². The molecule has 0 radical (unpaired) electrons. The minimum atomic E-state index is 0.121. The second-order valence-electron chi connectivity index (χ2n) is 6.12. The van der Waals surface area contributed by atoms with Gasteiger partial charge in [0.25, 0.3) is 5.89 Å². The number of benzene rings is 1. The molecular weight excluding hydrogens is 306 g/mol. The van der Waals surface area contributed by atoms with E-state index in [1.807, 2.05) is 0 Å². The van der Waals surface area contributed by atoms with Gasteiger partial charge in [-0.15, -0.1) is 11.3 Å². The number of aryl methyl sites for hydroxylation is 2. The summed E-state index contributed by atoms with van der Waals surface area (Å²) in [4.78, 5) is 7.10. The summed E-state index contributed by atoms with van der Waals surface area (Å²) in [7, 11) is 0. The van der Waals surface area contributed by atoms with Crippen molar-refractivity contribution in [3.05, 3.63) is 57.0 Å². The van der Waals surface area contributed by atoms with Crippen LogP contribution in [0.3, 0.4) is 0 Å². The molecule has 0 fully saturated rings. The molecule has 0 bridgehead atoms. The van der Waals surface area contributed by atoms with Crippen LogP contribution in [0.5, 0.6) is 0 Å². The van der Waals surface area contributed by atoms with Crippen LogP contribution in [-0.2, 0) is 12.8 Å². The molecular formula is C18H19N3OS. The van der Waals surface area contributed by atoms with Gasteiger partial charge in [-0.1, -0.05) is 11.2 Å². The summed E-state index contributed by atoms with van der Waals surface area (Å²) < 4.78 is 5.46. The third-order valence-corrected chi connectivity index (χ3v) is 5.35. The Labute approximate surface area is 139 Å². The van der Waals surface area contributed by atoms with Crippen LogP contribution >= 0.6 is 11.3 Å². The fourth-order valence-electron chi connectivity index (χ4n) is 3.15. The molecule has 2 heterocycles. The zero-order valence-electron chi connectivity index (χ0n) is 13.1. The van der Waals surface area contributed by atoms with Crippen LogP contribution in [0.1, 0.15) is 45.6 Å². The average Bonchev–Trinajstić information content (AvgIpc) is 3.17. The Morgan fingerprint density at radius 1 is 1.30 bits per heavy atom. The molecule has 0 aliphatic heterocycles. The lowest BCUT2D eigenvalue weighted by atomic mass is 9.87. The van der Waals surface area contributed by atoms with Crippen LogP contribution in [0, 0.1) is 6.92 Å². The molecule has 0 amide bonds. The average molecular weight is 325 g/mol. The first-order valence-corrected chi connectivity index (χ1v) is 8.77. The third kappa shape index (κ3) is 2.94. The van der Waals surface area contributed by atoms with Gasteiger partial charge in [0.2, 0.25) is 0 Å². The maximum atomic E-state index is 6.24. The number of thiophene rings is 1. The molecule has 4 rings (SSSR count). The molecule has 2 aromatic heterocycles. The Kier molecular flexibility index (Phi) is 3.75. The Hall–Kier alpha value is -1.98. The first kappa shape index (κ1) is 14.6. The molecule has 2 N–H and O–H groups in total. The maximum absolute atomic E-state index is 6.24. The molecule has 1 aliphatic rings. The van der Waals surface area contributed by atoms with E-state index < -0.39 is 0 Å². The Morgan fingerprint density at radius 2 is 2.22 bits per heavy atom. The summed E-state index contributed by atoms with van der Waals surface area (Å²) in [5, 5.41) is 4.12. The molecule has 0 saturated heterocycles. The topological polar surface area (TPSA) is 64.9 Å². The van der Waals surface area contributed by atoms with Crippen molar-refractivity contribution in [3.8, 4) is 11.5 Å². The van der Waals surface area contributed by atoms with E-state index in [1.54, 1.807) is 11.3 Å². The van der Waals surface area contributed by atoms with Crippen molar-refractivity contribution in [1.82, 2.24) is 10.1 Å². The smallest absolute Gasteiger partial charge is 0.257 e. The largest absolute Gasteiger partial charge is 0.334 e. The molecule has 0 saturated carbocycles. The van der Waals surface area contributed by atoms with Gasteiger partial charge in [-0.05, 0) is 61.6 Å². The van der Waals surface area contributed by atoms with Crippen LogP contribution in [0.4, 0.5) is 0 Å². The molecule has 5 heteroatoms. The van der Waals surface area contributed by atoms with Gasteiger partial charge in [0, 0.05) is 27.8 Å². The van der Waals surface area contributed by atoms with Gasteiger partial charge >= 0.3 is 0 Å². The second-order valence-corrected chi connectivity index (χ2v) is 7.49. The van der Waals surface area contributed by atoms with Gasteiger partial charge in [0.05, 0.1) is 0 Å². The normalized spacial score (nSPS) is 17.2. The van der Waals surface area contributed by atoms with Crippen LogP contribution in [0.15, 0.2) is 34.9 Å². The number of hydrogen-bond donors (Lipinski definition) is 1. The summed E-state index contributed by atoms with van der Waals surface area (Å²) in [6.07, 6.45) is 4.03. The zero-order chi connectivity index (χ0) is 15.8. The Bertz CT molecular complexity index is 836. The lowest BCUT2D eigenvalue weighted by Crippen LogP contribution is -2.17.